The lowest BCUT2D eigenvalue weighted by Crippen LogP contribution is -2.30. The fourth-order valence-corrected chi connectivity index (χ4v) is 1.36. The number of methoxy groups -OCH3 is 2. The number of rotatable bonds is 2. The fourth-order valence-electron chi connectivity index (χ4n) is 1.36. The number of hydrogen-bond acceptors (Lipinski definition) is 4. The first kappa shape index (κ1) is 9.59. The molecule has 70 valence electrons. The molecule has 0 saturated heterocycles. The number of esters is 2. The van der Waals surface area contributed by atoms with E-state index in [0.717, 1.165) is 0 Å². The van der Waals surface area contributed by atoms with Gasteiger partial charge in [0, 0.05) is 5.92 Å². The second-order valence-electron chi connectivity index (χ2n) is 2.88. The third-order valence-electron chi connectivity index (χ3n) is 2.26. The molecule has 1 aliphatic rings. The maximum absolute atomic E-state index is 11.2. The lowest BCUT2D eigenvalue weighted by Gasteiger charge is -2.09. The summed E-state index contributed by atoms with van der Waals surface area (Å²) < 4.78 is 8.99. The van der Waals surface area contributed by atoms with E-state index in [4.69, 9.17) is 6.42 Å². The first-order chi connectivity index (χ1) is 6.13. The van der Waals surface area contributed by atoms with Crippen LogP contribution in [0.3, 0.4) is 0 Å². The molecule has 4 heteroatoms. The number of carbonyl (C=O) groups is 2. The Morgan fingerprint density at radius 2 is 1.85 bits per heavy atom. The largest absolute Gasteiger partial charge is 0.468 e. The van der Waals surface area contributed by atoms with Crippen LogP contribution in [-0.4, -0.2) is 26.2 Å². The molecule has 1 aliphatic carbocycles. The maximum atomic E-state index is 11.2. The summed E-state index contributed by atoms with van der Waals surface area (Å²) in [4.78, 5) is 22.5. The SMILES string of the molecule is C#C[C@@H]1CC1(C(=O)OC)C(=O)OC. The van der Waals surface area contributed by atoms with E-state index in [0.29, 0.717) is 6.42 Å². The second kappa shape index (κ2) is 3.09. The van der Waals surface area contributed by atoms with Crippen molar-refractivity contribution in [1.29, 1.82) is 0 Å². The molecule has 13 heavy (non-hydrogen) atoms. The summed E-state index contributed by atoms with van der Waals surface area (Å²) in [5.74, 6) is 0.759. The van der Waals surface area contributed by atoms with Crippen LogP contribution in [0.5, 0.6) is 0 Å². The highest BCUT2D eigenvalue weighted by atomic mass is 16.5. The van der Waals surface area contributed by atoms with Crippen molar-refractivity contribution in [1.82, 2.24) is 0 Å². The minimum atomic E-state index is -1.22. The zero-order valence-electron chi connectivity index (χ0n) is 7.49. The van der Waals surface area contributed by atoms with Crippen molar-refractivity contribution in [3.05, 3.63) is 0 Å². The van der Waals surface area contributed by atoms with Gasteiger partial charge in [-0.05, 0) is 6.42 Å². The van der Waals surface area contributed by atoms with Crippen LogP contribution in [0.1, 0.15) is 6.42 Å². The molecule has 1 fully saturated rings. The smallest absolute Gasteiger partial charge is 0.324 e. The van der Waals surface area contributed by atoms with Crippen LogP contribution in [0.15, 0.2) is 0 Å². The van der Waals surface area contributed by atoms with Crippen LogP contribution in [0.2, 0.25) is 0 Å². The third-order valence-corrected chi connectivity index (χ3v) is 2.26. The van der Waals surface area contributed by atoms with E-state index in [-0.39, 0.29) is 5.92 Å². The fraction of sp³-hybridized carbons (Fsp3) is 0.556. The van der Waals surface area contributed by atoms with Crippen molar-refractivity contribution in [3.63, 3.8) is 0 Å². The van der Waals surface area contributed by atoms with E-state index in [1.165, 1.54) is 14.2 Å². The predicted molar refractivity (Wildman–Crippen MR) is 43.4 cm³/mol. The van der Waals surface area contributed by atoms with Gasteiger partial charge in [-0.1, -0.05) is 0 Å². The van der Waals surface area contributed by atoms with E-state index in [2.05, 4.69) is 15.4 Å². The molecule has 0 aromatic heterocycles. The van der Waals surface area contributed by atoms with Gasteiger partial charge >= 0.3 is 11.9 Å². The molecular weight excluding hydrogens is 172 g/mol. The quantitative estimate of drug-likeness (QED) is 0.342. The molecule has 4 nitrogen and oxygen atoms in total. The number of ether oxygens (including phenoxy) is 2. The van der Waals surface area contributed by atoms with Crippen LogP contribution < -0.4 is 0 Å². The Kier molecular flexibility index (Phi) is 2.28. The number of hydrogen-bond donors (Lipinski definition) is 0. The summed E-state index contributed by atoms with van der Waals surface area (Å²) in [7, 11) is 2.44. The Labute approximate surface area is 76.2 Å². The van der Waals surface area contributed by atoms with Crippen LogP contribution in [-0.2, 0) is 19.1 Å². The average Bonchev–Trinajstić information content (AvgIpc) is 2.91. The van der Waals surface area contributed by atoms with Gasteiger partial charge in [0.2, 0.25) is 0 Å². The van der Waals surface area contributed by atoms with Gasteiger partial charge in [-0.15, -0.1) is 12.3 Å². The Morgan fingerprint density at radius 3 is 2.08 bits per heavy atom. The highest BCUT2D eigenvalue weighted by molar-refractivity contribution is 6.04. The molecular formula is C9H10O4. The van der Waals surface area contributed by atoms with E-state index < -0.39 is 17.4 Å². The summed E-state index contributed by atoms with van der Waals surface area (Å²) in [5.41, 5.74) is -1.22. The van der Waals surface area contributed by atoms with Gasteiger partial charge in [-0.3, -0.25) is 9.59 Å². The Morgan fingerprint density at radius 1 is 1.38 bits per heavy atom. The predicted octanol–water partition coefficient (Wildman–Crippen LogP) is -0.0281. The minimum absolute atomic E-state index is 0.322. The average molecular weight is 182 g/mol. The molecule has 1 rings (SSSR count). The molecule has 1 saturated carbocycles. The standard InChI is InChI=1S/C9H10O4/c1-4-6-5-9(6,7(10)12-2)8(11)13-3/h1,6H,5H2,2-3H3/t6-/m1/s1. The topological polar surface area (TPSA) is 52.6 Å². The molecule has 0 N–H and O–H groups in total. The monoisotopic (exact) mass is 182 g/mol. The van der Waals surface area contributed by atoms with Crippen molar-refractivity contribution in [2.45, 2.75) is 6.42 Å². The number of terminal acetylenes is 1. The first-order valence-electron chi connectivity index (χ1n) is 3.76. The molecule has 0 unspecified atom stereocenters. The van der Waals surface area contributed by atoms with E-state index in [9.17, 15) is 9.59 Å². The summed E-state index contributed by atoms with van der Waals surface area (Å²) in [6.07, 6.45) is 5.45. The lowest BCUT2D eigenvalue weighted by atomic mass is 10.1. The Bertz CT molecular complexity index is 270. The van der Waals surface area contributed by atoms with Gasteiger partial charge < -0.3 is 9.47 Å². The van der Waals surface area contributed by atoms with E-state index in [1.807, 2.05) is 0 Å². The van der Waals surface area contributed by atoms with Gasteiger partial charge in [-0.2, -0.15) is 0 Å². The molecule has 0 aliphatic heterocycles. The first-order valence-corrected chi connectivity index (χ1v) is 3.76. The highest BCUT2D eigenvalue weighted by Crippen LogP contribution is 2.53. The molecule has 0 bridgehead atoms. The van der Waals surface area contributed by atoms with Crippen molar-refractivity contribution >= 4 is 11.9 Å². The summed E-state index contributed by atoms with van der Waals surface area (Å²) >= 11 is 0. The molecule has 0 heterocycles. The second-order valence-corrected chi connectivity index (χ2v) is 2.88. The van der Waals surface area contributed by atoms with E-state index in [1.54, 1.807) is 0 Å². The van der Waals surface area contributed by atoms with Crippen molar-refractivity contribution in [2.24, 2.45) is 11.3 Å². The van der Waals surface area contributed by atoms with Gasteiger partial charge in [0.05, 0.1) is 14.2 Å². The van der Waals surface area contributed by atoms with Crippen molar-refractivity contribution in [3.8, 4) is 12.3 Å². The summed E-state index contributed by atoms with van der Waals surface area (Å²) in [6.45, 7) is 0. The van der Waals surface area contributed by atoms with Crippen LogP contribution in [0.4, 0.5) is 0 Å². The Balaban J connectivity index is 2.88. The zero-order valence-corrected chi connectivity index (χ0v) is 7.49. The Hall–Kier alpha value is -1.50. The van der Waals surface area contributed by atoms with Crippen molar-refractivity contribution < 1.29 is 19.1 Å². The van der Waals surface area contributed by atoms with Crippen LogP contribution in [0, 0.1) is 23.7 Å². The van der Waals surface area contributed by atoms with Gasteiger partial charge in [0.15, 0.2) is 5.41 Å². The minimum Gasteiger partial charge on any atom is -0.468 e. The van der Waals surface area contributed by atoms with Crippen LogP contribution in [0.25, 0.3) is 0 Å². The van der Waals surface area contributed by atoms with Crippen molar-refractivity contribution in [2.75, 3.05) is 14.2 Å². The highest BCUT2D eigenvalue weighted by Gasteiger charge is 2.67. The van der Waals surface area contributed by atoms with Gasteiger partial charge in [-0.25, -0.2) is 0 Å². The lowest BCUT2D eigenvalue weighted by molar-refractivity contribution is -0.161. The van der Waals surface area contributed by atoms with E-state index >= 15 is 0 Å². The molecule has 0 radical (unpaired) electrons. The van der Waals surface area contributed by atoms with Gasteiger partial charge in [0.1, 0.15) is 0 Å². The van der Waals surface area contributed by atoms with Crippen LogP contribution >= 0.6 is 0 Å². The summed E-state index contributed by atoms with van der Waals surface area (Å²) in [6, 6.07) is 0. The summed E-state index contributed by atoms with van der Waals surface area (Å²) in [5, 5.41) is 0. The maximum Gasteiger partial charge on any atom is 0.324 e. The molecule has 0 spiro atoms. The molecule has 0 amide bonds. The molecule has 0 aromatic carbocycles. The molecule has 1 atom stereocenters. The number of carbonyl (C=O) groups excluding carboxylic acids is 2. The molecule has 0 aromatic rings. The normalized spacial score (nSPS) is 22.7. The van der Waals surface area contributed by atoms with Gasteiger partial charge in [0.25, 0.3) is 0 Å². The third kappa shape index (κ3) is 1.17. The zero-order chi connectivity index (χ0) is 10.1.